The number of nitrogens with two attached hydrogens (primary N) is 1. The van der Waals surface area contributed by atoms with Crippen LogP contribution in [0.3, 0.4) is 0 Å². The average molecular weight is 333 g/mol. The summed E-state index contributed by atoms with van der Waals surface area (Å²) in [7, 11) is -3.04. The summed E-state index contributed by atoms with van der Waals surface area (Å²) in [6.45, 7) is 1.30. The van der Waals surface area contributed by atoms with Gasteiger partial charge in [0.1, 0.15) is 0 Å². The highest BCUT2D eigenvalue weighted by molar-refractivity contribution is 7.91. The first-order valence-electron chi connectivity index (χ1n) is 6.75. The van der Waals surface area contributed by atoms with E-state index in [1.54, 1.807) is 4.90 Å². The molecule has 0 aromatic heterocycles. The van der Waals surface area contributed by atoms with Crippen molar-refractivity contribution in [3.05, 3.63) is 35.9 Å². The molecule has 1 aliphatic heterocycles. The molecule has 0 aliphatic carbocycles. The summed E-state index contributed by atoms with van der Waals surface area (Å²) in [5, 5.41) is 0. The molecule has 1 heterocycles. The number of nitrogens with zero attached hydrogens (tertiary/aromatic N) is 1. The number of hydrogen-bond donors (Lipinski definition) is 1. The smallest absolute Gasteiger partial charge is 0.227 e. The fraction of sp³-hybridized carbons (Fsp3) is 0.500. The fourth-order valence-electron chi connectivity index (χ4n) is 2.47. The van der Waals surface area contributed by atoms with Crippen molar-refractivity contribution in [2.45, 2.75) is 13.0 Å². The first-order chi connectivity index (χ1) is 9.52. The normalized spacial score (nSPS) is 19.8. The number of carbonyl (C=O) groups is 1. The quantitative estimate of drug-likeness (QED) is 0.866. The number of rotatable bonds is 5. The molecule has 7 heteroatoms. The number of sulfone groups is 1. The Morgan fingerprint density at radius 1 is 1.29 bits per heavy atom. The topological polar surface area (TPSA) is 80.5 Å². The molecule has 2 rings (SSSR count). The Hall–Kier alpha value is -1.11. The summed E-state index contributed by atoms with van der Waals surface area (Å²) in [6, 6.07) is 9.65. The van der Waals surface area contributed by atoms with Gasteiger partial charge in [0.15, 0.2) is 9.84 Å². The number of carbonyl (C=O) groups excluding carboxylic acids is 1. The zero-order chi connectivity index (χ0) is 14.6. The SMILES string of the molecule is Cl.NCCN(Cc1ccccc1)C(=O)C1CCS(=O)(=O)C1. The van der Waals surface area contributed by atoms with Crippen molar-refractivity contribution in [2.24, 2.45) is 11.7 Å². The standard InChI is InChI=1S/C14H20N2O3S.ClH/c15-7-8-16(10-12-4-2-1-3-5-12)14(17)13-6-9-20(18,19)11-13;/h1-5,13H,6-11,15H2;1H. The van der Waals surface area contributed by atoms with E-state index in [2.05, 4.69) is 0 Å². The van der Waals surface area contributed by atoms with Crippen LogP contribution in [-0.2, 0) is 21.2 Å². The summed E-state index contributed by atoms with van der Waals surface area (Å²) < 4.78 is 23.0. The largest absolute Gasteiger partial charge is 0.337 e. The Morgan fingerprint density at radius 3 is 2.48 bits per heavy atom. The van der Waals surface area contributed by atoms with E-state index in [-0.39, 0.29) is 29.8 Å². The molecule has 0 saturated carbocycles. The van der Waals surface area contributed by atoms with Crippen LogP contribution in [-0.4, -0.2) is 43.8 Å². The molecule has 2 N–H and O–H groups in total. The lowest BCUT2D eigenvalue weighted by Gasteiger charge is -2.24. The Balaban J connectivity index is 0.00000220. The van der Waals surface area contributed by atoms with Crippen LogP contribution in [0, 0.1) is 5.92 Å². The van der Waals surface area contributed by atoms with Crippen LogP contribution < -0.4 is 5.73 Å². The molecule has 0 bridgehead atoms. The molecule has 0 radical (unpaired) electrons. The second-order valence-corrected chi connectivity index (χ2v) is 7.36. The predicted molar refractivity (Wildman–Crippen MR) is 84.9 cm³/mol. The Bertz CT molecular complexity index is 563. The monoisotopic (exact) mass is 332 g/mol. The minimum absolute atomic E-state index is 0. The maximum Gasteiger partial charge on any atom is 0.227 e. The van der Waals surface area contributed by atoms with Gasteiger partial charge in [-0.2, -0.15) is 0 Å². The summed E-state index contributed by atoms with van der Waals surface area (Å²) in [4.78, 5) is 14.1. The van der Waals surface area contributed by atoms with Crippen LogP contribution in [0.15, 0.2) is 30.3 Å². The van der Waals surface area contributed by atoms with E-state index in [4.69, 9.17) is 5.73 Å². The molecule has 118 valence electrons. The number of benzene rings is 1. The van der Waals surface area contributed by atoms with Gasteiger partial charge in [0.05, 0.1) is 17.4 Å². The van der Waals surface area contributed by atoms with Crippen LogP contribution in [0.25, 0.3) is 0 Å². The third kappa shape index (κ3) is 4.98. The second kappa shape index (κ2) is 7.77. The van der Waals surface area contributed by atoms with Crippen LogP contribution in [0.2, 0.25) is 0 Å². The molecule has 1 atom stereocenters. The Kier molecular flexibility index (Phi) is 6.64. The van der Waals surface area contributed by atoms with Gasteiger partial charge in [-0.3, -0.25) is 4.79 Å². The third-order valence-electron chi connectivity index (χ3n) is 3.51. The van der Waals surface area contributed by atoms with Crippen LogP contribution >= 0.6 is 12.4 Å². The first kappa shape index (κ1) is 17.9. The van der Waals surface area contributed by atoms with Crippen LogP contribution in [0.1, 0.15) is 12.0 Å². The van der Waals surface area contributed by atoms with Crippen molar-refractivity contribution in [2.75, 3.05) is 24.6 Å². The number of hydrogen-bond acceptors (Lipinski definition) is 4. The van der Waals surface area contributed by atoms with Gasteiger partial charge in [-0.25, -0.2) is 8.42 Å². The van der Waals surface area contributed by atoms with Gasteiger partial charge in [0.25, 0.3) is 0 Å². The van der Waals surface area contributed by atoms with E-state index in [0.717, 1.165) is 5.56 Å². The van der Waals surface area contributed by atoms with Crippen molar-refractivity contribution in [1.82, 2.24) is 4.90 Å². The van der Waals surface area contributed by atoms with Crippen LogP contribution in [0.4, 0.5) is 0 Å². The minimum Gasteiger partial charge on any atom is -0.337 e. The molecular formula is C14H21ClN2O3S. The van der Waals surface area contributed by atoms with E-state index in [9.17, 15) is 13.2 Å². The highest BCUT2D eigenvalue weighted by Crippen LogP contribution is 2.21. The van der Waals surface area contributed by atoms with E-state index in [0.29, 0.717) is 26.1 Å². The molecule has 1 aromatic carbocycles. The average Bonchev–Trinajstić information content (AvgIpc) is 2.79. The van der Waals surface area contributed by atoms with E-state index < -0.39 is 15.8 Å². The van der Waals surface area contributed by atoms with Crippen LogP contribution in [0.5, 0.6) is 0 Å². The second-order valence-electron chi connectivity index (χ2n) is 5.13. The third-order valence-corrected chi connectivity index (χ3v) is 5.28. The zero-order valence-electron chi connectivity index (χ0n) is 11.8. The lowest BCUT2D eigenvalue weighted by Crippen LogP contribution is -2.39. The van der Waals surface area contributed by atoms with Crippen molar-refractivity contribution in [1.29, 1.82) is 0 Å². The van der Waals surface area contributed by atoms with Crippen molar-refractivity contribution in [3.8, 4) is 0 Å². The lowest BCUT2D eigenvalue weighted by molar-refractivity contribution is -0.135. The van der Waals surface area contributed by atoms with Gasteiger partial charge >= 0.3 is 0 Å². The minimum atomic E-state index is -3.04. The van der Waals surface area contributed by atoms with Gasteiger partial charge in [-0.1, -0.05) is 30.3 Å². The Morgan fingerprint density at radius 2 is 1.95 bits per heavy atom. The maximum absolute atomic E-state index is 12.4. The molecular weight excluding hydrogens is 312 g/mol. The summed E-state index contributed by atoms with van der Waals surface area (Å²) >= 11 is 0. The molecule has 1 unspecified atom stereocenters. The molecule has 1 amide bonds. The summed E-state index contributed by atoms with van der Waals surface area (Å²) in [5.41, 5.74) is 6.58. The fourth-order valence-corrected chi connectivity index (χ4v) is 4.21. The van der Waals surface area contributed by atoms with Crippen molar-refractivity contribution < 1.29 is 13.2 Å². The maximum atomic E-state index is 12.4. The van der Waals surface area contributed by atoms with Gasteiger partial charge in [-0.05, 0) is 12.0 Å². The molecule has 1 saturated heterocycles. The number of amides is 1. The zero-order valence-corrected chi connectivity index (χ0v) is 13.4. The van der Waals surface area contributed by atoms with E-state index >= 15 is 0 Å². The van der Waals surface area contributed by atoms with Gasteiger partial charge < -0.3 is 10.6 Å². The molecule has 1 aromatic rings. The summed E-state index contributed by atoms with van der Waals surface area (Å²) in [5.74, 6) is -0.414. The van der Waals surface area contributed by atoms with Crippen molar-refractivity contribution >= 4 is 28.2 Å². The highest BCUT2D eigenvalue weighted by Gasteiger charge is 2.35. The summed E-state index contributed by atoms with van der Waals surface area (Å²) in [6.07, 6.45) is 0.428. The highest BCUT2D eigenvalue weighted by atomic mass is 35.5. The number of halogens is 1. The lowest BCUT2D eigenvalue weighted by atomic mass is 10.1. The predicted octanol–water partition coefficient (Wildman–Crippen LogP) is 0.830. The molecule has 5 nitrogen and oxygen atoms in total. The molecule has 0 spiro atoms. The van der Waals surface area contributed by atoms with E-state index in [1.807, 2.05) is 30.3 Å². The first-order valence-corrected chi connectivity index (χ1v) is 8.57. The van der Waals surface area contributed by atoms with Gasteiger partial charge in [-0.15, -0.1) is 12.4 Å². The van der Waals surface area contributed by atoms with E-state index in [1.165, 1.54) is 0 Å². The Labute approximate surface area is 131 Å². The molecule has 21 heavy (non-hydrogen) atoms. The van der Waals surface area contributed by atoms with Gasteiger partial charge in [0, 0.05) is 19.6 Å². The molecule has 1 aliphatic rings. The molecule has 1 fully saturated rings. The van der Waals surface area contributed by atoms with Gasteiger partial charge in [0.2, 0.25) is 5.91 Å². The van der Waals surface area contributed by atoms with Crippen molar-refractivity contribution in [3.63, 3.8) is 0 Å².